The van der Waals surface area contributed by atoms with Crippen molar-refractivity contribution in [1.29, 1.82) is 0 Å². The summed E-state index contributed by atoms with van der Waals surface area (Å²) >= 11 is 0. The number of likely N-dealkylation sites (tertiary alicyclic amines) is 1. The van der Waals surface area contributed by atoms with Crippen molar-refractivity contribution in [1.82, 2.24) is 29.3 Å². The van der Waals surface area contributed by atoms with Gasteiger partial charge in [-0.05, 0) is 51.4 Å². The summed E-state index contributed by atoms with van der Waals surface area (Å²) in [5.41, 5.74) is 0.113. The Morgan fingerprint density at radius 3 is 2.70 bits per heavy atom. The molecule has 1 aliphatic heterocycles. The molecule has 33 heavy (non-hydrogen) atoms. The number of carbonyl (C=O) groups excluding carboxylic acids is 1. The summed E-state index contributed by atoms with van der Waals surface area (Å²) in [5, 5.41) is 2.95. The number of amides is 1. The van der Waals surface area contributed by atoms with E-state index in [1.54, 1.807) is 16.9 Å². The number of aromatic amines is 1. The fraction of sp³-hybridized carbons (Fsp3) is 0.565. The number of furan rings is 1. The zero-order valence-electron chi connectivity index (χ0n) is 19.3. The van der Waals surface area contributed by atoms with E-state index in [2.05, 4.69) is 22.1 Å². The van der Waals surface area contributed by atoms with Crippen LogP contribution in [0.3, 0.4) is 0 Å². The van der Waals surface area contributed by atoms with Crippen LogP contribution >= 0.6 is 0 Å². The van der Waals surface area contributed by atoms with Crippen LogP contribution in [0.15, 0.2) is 32.4 Å². The first kappa shape index (κ1) is 23.0. The lowest BCUT2D eigenvalue weighted by Crippen LogP contribution is -2.40. The number of H-pyrrole nitrogens is 1. The topological polar surface area (TPSA) is 118 Å². The first-order valence-corrected chi connectivity index (χ1v) is 11.8. The third-order valence-electron chi connectivity index (χ3n) is 6.36. The van der Waals surface area contributed by atoms with Crippen LogP contribution < -0.4 is 16.6 Å². The molecule has 0 saturated carbocycles. The van der Waals surface area contributed by atoms with Gasteiger partial charge in [-0.3, -0.25) is 24.0 Å². The lowest BCUT2D eigenvalue weighted by Gasteiger charge is -2.31. The van der Waals surface area contributed by atoms with Gasteiger partial charge in [-0.1, -0.05) is 13.3 Å². The highest BCUT2D eigenvalue weighted by atomic mass is 16.3. The van der Waals surface area contributed by atoms with Crippen LogP contribution in [0, 0.1) is 5.92 Å². The van der Waals surface area contributed by atoms with Crippen molar-refractivity contribution < 1.29 is 9.21 Å². The molecule has 178 valence electrons. The lowest BCUT2D eigenvalue weighted by molar-refractivity contribution is -0.126. The van der Waals surface area contributed by atoms with Gasteiger partial charge in [0.1, 0.15) is 11.6 Å². The molecule has 0 radical (unpaired) electrons. The van der Waals surface area contributed by atoms with E-state index in [0.717, 1.165) is 50.4 Å². The van der Waals surface area contributed by atoms with Gasteiger partial charge in [0, 0.05) is 19.0 Å². The molecule has 2 N–H and O–H groups in total. The summed E-state index contributed by atoms with van der Waals surface area (Å²) in [6.07, 6.45) is 4.90. The number of fused-ring (bicyclic) bond motifs is 1. The highest BCUT2D eigenvalue weighted by molar-refractivity contribution is 5.78. The minimum atomic E-state index is -0.408. The SMILES string of the molecule is CCCCn1c(=O)[nH]c(=O)c2c1nc(CN1CCC(C(=O)NCc3ccco3)CC1)n2CC. The van der Waals surface area contributed by atoms with Gasteiger partial charge in [0.25, 0.3) is 5.56 Å². The Morgan fingerprint density at radius 2 is 2.03 bits per heavy atom. The predicted octanol–water partition coefficient (Wildman–Crippen LogP) is 1.83. The van der Waals surface area contributed by atoms with Crippen LogP contribution in [-0.2, 0) is 31.0 Å². The summed E-state index contributed by atoms with van der Waals surface area (Å²) < 4.78 is 8.75. The van der Waals surface area contributed by atoms with Gasteiger partial charge >= 0.3 is 5.69 Å². The molecule has 1 amide bonds. The smallest absolute Gasteiger partial charge is 0.330 e. The van der Waals surface area contributed by atoms with Crippen molar-refractivity contribution in [2.45, 2.75) is 65.7 Å². The molecule has 1 saturated heterocycles. The van der Waals surface area contributed by atoms with Crippen LogP contribution in [0.5, 0.6) is 0 Å². The average Bonchev–Trinajstić information content (AvgIpc) is 3.46. The molecule has 4 rings (SSSR count). The largest absolute Gasteiger partial charge is 0.467 e. The van der Waals surface area contributed by atoms with Crippen molar-refractivity contribution >= 4 is 17.1 Å². The number of piperidine rings is 1. The molecule has 0 atom stereocenters. The average molecular weight is 457 g/mol. The van der Waals surface area contributed by atoms with Gasteiger partial charge in [0.2, 0.25) is 5.91 Å². The number of imidazole rings is 1. The van der Waals surface area contributed by atoms with Crippen molar-refractivity contribution in [2.24, 2.45) is 5.92 Å². The fourth-order valence-electron chi connectivity index (χ4n) is 4.49. The third kappa shape index (κ3) is 4.95. The second-order valence-corrected chi connectivity index (χ2v) is 8.56. The van der Waals surface area contributed by atoms with E-state index in [1.807, 2.05) is 17.6 Å². The number of nitrogens with zero attached hydrogens (tertiary/aromatic N) is 4. The molecule has 0 aliphatic carbocycles. The highest BCUT2D eigenvalue weighted by Gasteiger charge is 2.26. The molecule has 0 unspecified atom stereocenters. The molecule has 0 bridgehead atoms. The van der Waals surface area contributed by atoms with Crippen LogP contribution in [0.25, 0.3) is 11.2 Å². The van der Waals surface area contributed by atoms with Crippen molar-refractivity contribution in [3.63, 3.8) is 0 Å². The number of aryl methyl sites for hydroxylation is 2. The minimum absolute atomic E-state index is 0.0247. The van der Waals surface area contributed by atoms with E-state index in [0.29, 0.717) is 37.3 Å². The second-order valence-electron chi connectivity index (χ2n) is 8.56. The Bertz CT molecular complexity index is 1200. The van der Waals surface area contributed by atoms with Gasteiger partial charge in [-0.15, -0.1) is 0 Å². The quantitative estimate of drug-likeness (QED) is 0.507. The van der Waals surface area contributed by atoms with E-state index in [-0.39, 0.29) is 11.8 Å². The van der Waals surface area contributed by atoms with Gasteiger partial charge < -0.3 is 14.3 Å². The first-order chi connectivity index (χ1) is 16.0. The van der Waals surface area contributed by atoms with Gasteiger partial charge in [0.05, 0.1) is 19.4 Å². The number of unbranched alkanes of at least 4 members (excludes halogenated alkanes) is 1. The molecule has 0 aromatic carbocycles. The normalized spacial score (nSPS) is 15.3. The Kier molecular flexibility index (Phi) is 7.12. The maximum Gasteiger partial charge on any atom is 0.330 e. The highest BCUT2D eigenvalue weighted by Crippen LogP contribution is 2.21. The zero-order chi connectivity index (χ0) is 23.4. The standard InChI is InChI=1S/C23H32N6O4/c1-3-5-10-29-20-19(22(31)26-23(29)32)28(4-2)18(25-20)15-27-11-8-16(9-12-27)21(30)24-14-17-7-6-13-33-17/h6-7,13,16H,3-5,8-12,14-15H2,1-2H3,(H,24,30)(H,26,31,32). The van der Waals surface area contributed by atoms with Crippen molar-refractivity contribution in [3.8, 4) is 0 Å². The minimum Gasteiger partial charge on any atom is -0.467 e. The Balaban J connectivity index is 1.45. The van der Waals surface area contributed by atoms with E-state index in [4.69, 9.17) is 9.40 Å². The Labute approximate surface area is 191 Å². The molecule has 4 heterocycles. The monoisotopic (exact) mass is 456 g/mol. The summed E-state index contributed by atoms with van der Waals surface area (Å²) in [6.45, 7) is 7.67. The van der Waals surface area contributed by atoms with E-state index in [1.165, 1.54) is 0 Å². The molecule has 10 heteroatoms. The third-order valence-corrected chi connectivity index (χ3v) is 6.36. The number of nitrogens with one attached hydrogen (secondary N) is 2. The van der Waals surface area contributed by atoms with Crippen LogP contribution in [0.4, 0.5) is 0 Å². The number of aromatic nitrogens is 4. The molecule has 0 spiro atoms. The molecule has 10 nitrogen and oxygen atoms in total. The predicted molar refractivity (Wildman–Crippen MR) is 124 cm³/mol. The van der Waals surface area contributed by atoms with Crippen molar-refractivity contribution in [2.75, 3.05) is 13.1 Å². The van der Waals surface area contributed by atoms with Crippen LogP contribution in [-0.4, -0.2) is 43.0 Å². The number of rotatable bonds is 9. The molecular formula is C23H32N6O4. The van der Waals surface area contributed by atoms with Gasteiger partial charge in [0.15, 0.2) is 11.2 Å². The molecule has 3 aromatic rings. The van der Waals surface area contributed by atoms with Crippen LogP contribution in [0.1, 0.15) is 51.1 Å². The Morgan fingerprint density at radius 1 is 1.24 bits per heavy atom. The maximum atomic E-state index is 12.6. The Hall–Kier alpha value is -3.14. The summed E-state index contributed by atoms with van der Waals surface area (Å²) in [6, 6.07) is 3.65. The van der Waals surface area contributed by atoms with Gasteiger partial charge in [-0.2, -0.15) is 0 Å². The fourth-order valence-corrected chi connectivity index (χ4v) is 4.49. The maximum absolute atomic E-state index is 12.6. The van der Waals surface area contributed by atoms with E-state index >= 15 is 0 Å². The molecule has 1 aliphatic rings. The van der Waals surface area contributed by atoms with Crippen molar-refractivity contribution in [3.05, 3.63) is 50.8 Å². The summed E-state index contributed by atoms with van der Waals surface area (Å²) in [4.78, 5) is 46.9. The van der Waals surface area contributed by atoms with Gasteiger partial charge in [-0.25, -0.2) is 9.78 Å². The van der Waals surface area contributed by atoms with E-state index < -0.39 is 11.2 Å². The van der Waals surface area contributed by atoms with Crippen LogP contribution in [0.2, 0.25) is 0 Å². The molecule has 3 aromatic heterocycles. The molecule has 1 fully saturated rings. The number of carbonyl (C=O) groups is 1. The summed E-state index contributed by atoms with van der Waals surface area (Å²) in [7, 11) is 0. The summed E-state index contributed by atoms with van der Waals surface area (Å²) in [5.74, 6) is 1.54. The lowest BCUT2D eigenvalue weighted by atomic mass is 9.96. The zero-order valence-corrected chi connectivity index (χ0v) is 19.3. The first-order valence-electron chi connectivity index (χ1n) is 11.8. The van der Waals surface area contributed by atoms with E-state index in [9.17, 15) is 14.4 Å². The number of hydrogen-bond donors (Lipinski definition) is 2. The number of hydrogen-bond acceptors (Lipinski definition) is 6. The second kappa shape index (κ2) is 10.2. The molecular weight excluding hydrogens is 424 g/mol.